The minimum atomic E-state index is -0.666. The largest absolute Gasteiger partial charge is 0.504 e. The lowest BCUT2D eigenvalue weighted by Gasteiger charge is -2.05. The number of nitrogens with zero attached hydrogens (tertiary/aromatic N) is 1. The Morgan fingerprint density at radius 1 is 1.19 bits per heavy atom. The van der Waals surface area contributed by atoms with E-state index < -0.39 is 23.2 Å². The Labute approximate surface area is 125 Å². The molecule has 2 rings (SSSR count). The van der Waals surface area contributed by atoms with Crippen LogP contribution in [0.25, 0.3) is 0 Å². The number of thiophene rings is 1. The molecule has 0 aliphatic rings. The Bertz CT molecular complexity index is 699. The van der Waals surface area contributed by atoms with Crippen LogP contribution in [0.15, 0.2) is 29.4 Å². The maximum Gasteiger partial charge on any atom is 0.271 e. The molecule has 6 nitrogen and oxygen atoms in total. The number of phenols is 3. The van der Waals surface area contributed by atoms with E-state index in [1.807, 2.05) is 19.1 Å². The summed E-state index contributed by atoms with van der Waals surface area (Å²) in [7, 11) is 0. The number of hydrazone groups is 1. The molecule has 21 heavy (non-hydrogen) atoms. The lowest BCUT2D eigenvalue weighted by atomic mass is 10.2. The molecular weight excluding hydrogens is 292 g/mol. The molecule has 0 fully saturated rings. The van der Waals surface area contributed by atoms with Gasteiger partial charge in [-0.2, -0.15) is 5.10 Å². The molecule has 110 valence electrons. The molecule has 4 N–H and O–H groups in total. The Hall–Kier alpha value is -2.54. The van der Waals surface area contributed by atoms with Crippen molar-refractivity contribution >= 4 is 23.0 Å². The molecule has 0 aliphatic carbocycles. The van der Waals surface area contributed by atoms with Crippen LogP contribution in [0.3, 0.4) is 0 Å². The Balaban J connectivity index is 2.15. The van der Waals surface area contributed by atoms with Gasteiger partial charge >= 0.3 is 0 Å². The molecule has 1 aromatic carbocycles. The first-order chi connectivity index (χ1) is 9.88. The SMILES string of the molecule is CC(=NNC(=O)c1cc(O)c(O)c(O)c1)c1ccc(C)s1. The molecule has 1 amide bonds. The van der Waals surface area contributed by atoms with Gasteiger partial charge < -0.3 is 15.3 Å². The van der Waals surface area contributed by atoms with Crippen molar-refractivity contribution in [3.63, 3.8) is 0 Å². The van der Waals surface area contributed by atoms with Crippen LogP contribution < -0.4 is 5.43 Å². The minimum absolute atomic E-state index is 0.0123. The van der Waals surface area contributed by atoms with Crippen LogP contribution in [0.1, 0.15) is 27.0 Å². The molecule has 0 saturated carbocycles. The van der Waals surface area contributed by atoms with Gasteiger partial charge in [0.05, 0.1) is 10.6 Å². The molecule has 0 saturated heterocycles. The summed E-state index contributed by atoms with van der Waals surface area (Å²) >= 11 is 1.56. The molecule has 0 spiro atoms. The van der Waals surface area contributed by atoms with Gasteiger partial charge in [0.25, 0.3) is 5.91 Å². The summed E-state index contributed by atoms with van der Waals surface area (Å²) < 4.78 is 0. The van der Waals surface area contributed by atoms with Crippen LogP contribution in [-0.2, 0) is 0 Å². The van der Waals surface area contributed by atoms with Crippen molar-refractivity contribution in [2.24, 2.45) is 5.10 Å². The van der Waals surface area contributed by atoms with Crippen LogP contribution in [0.5, 0.6) is 17.2 Å². The highest BCUT2D eigenvalue weighted by Crippen LogP contribution is 2.35. The van der Waals surface area contributed by atoms with Crippen LogP contribution >= 0.6 is 11.3 Å². The van der Waals surface area contributed by atoms with Gasteiger partial charge in [-0.1, -0.05) is 0 Å². The highest BCUT2D eigenvalue weighted by molar-refractivity contribution is 7.14. The number of aromatic hydroxyl groups is 3. The molecular formula is C14H14N2O4S. The van der Waals surface area contributed by atoms with Crippen molar-refractivity contribution < 1.29 is 20.1 Å². The first kappa shape index (κ1) is 14.9. The van der Waals surface area contributed by atoms with E-state index in [0.717, 1.165) is 21.9 Å². The van der Waals surface area contributed by atoms with E-state index in [-0.39, 0.29) is 5.56 Å². The molecule has 0 bridgehead atoms. The number of nitrogens with one attached hydrogen (secondary N) is 1. The fraction of sp³-hybridized carbons (Fsp3) is 0.143. The van der Waals surface area contributed by atoms with E-state index >= 15 is 0 Å². The highest BCUT2D eigenvalue weighted by atomic mass is 32.1. The monoisotopic (exact) mass is 306 g/mol. The number of carbonyl (C=O) groups is 1. The number of phenolic OH excluding ortho intramolecular Hbond substituents is 3. The van der Waals surface area contributed by atoms with E-state index in [1.54, 1.807) is 18.3 Å². The van der Waals surface area contributed by atoms with Crippen molar-refractivity contribution in [3.05, 3.63) is 39.6 Å². The minimum Gasteiger partial charge on any atom is -0.504 e. The Morgan fingerprint density at radius 2 is 1.81 bits per heavy atom. The highest BCUT2D eigenvalue weighted by Gasteiger charge is 2.13. The van der Waals surface area contributed by atoms with Gasteiger partial charge in [-0.15, -0.1) is 11.3 Å². The molecule has 1 heterocycles. The first-order valence-electron chi connectivity index (χ1n) is 6.05. The van der Waals surface area contributed by atoms with Crippen molar-refractivity contribution in [2.75, 3.05) is 0 Å². The third-order valence-electron chi connectivity index (χ3n) is 2.75. The zero-order valence-electron chi connectivity index (χ0n) is 11.4. The second-order valence-electron chi connectivity index (χ2n) is 4.41. The number of rotatable bonds is 3. The van der Waals surface area contributed by atoms with E-state index in [4.69, 9.17) is 0 Å². The van der Waals surface area contributed by atoms with Gasteiger partial charge in [0.1, 0.15) is 0 Å². The smallest absolute Gasteiger partial charge is 0.271 e. The normalized spacial score (nSPS) is 11.4. The summed E-state index contributed by atoms with van der Waals surface area (Å²) in [6, 6.07) is 5.95. The zero-order chi connectivity index (χ0) is 15.6. The van der Waals surface area contributed by atoms with E-state index in [0.29, 0.717) is 5.71 Å². The van der Waals surface area contributed by atoms with Crippen molar-refractivity contribution in [2.45, 2.75) is 13.8 Å². The molecule has 1 aromatic heterocycles. The summed E-state index contributed by atoms with van der Waals surface area (Å²) in [5, 5.41) is 31.9. The Morgan fingerprint density at radius 3 is 2.33 bits per heavy atom. The number of benzene rings is 1. The maximum atomic E-state index is 11.9. The van der Waals surface area contributed by atoms with Gasteiger partial charge in [0, 0.05) is 10.4 Å². The lowest BCUT2D eigenvalue weighted by Crippen LogP contribution is -2.19. The average molecular weight is 306 g/mol. The molecule has 0 unspecified atom stereocenters. The number of hydrogen-bond acceptors (Lipinski definition) is 6. The summed E-state index contributed by atoms with van der Waals surface area (Å²) in [5.41, 5.74) is 2.97. The van der Waals surface area contributed by atoms with Gasteiger partial charge in [-0.25, -0.2) is 5.43 Å². The van der Waals surface area contributed by atoms with E-state index in [1.165, 1.54) is 0 Å². The third kappa shape index (κ3) is 3.32. The fourth-order valence-corrected chi connectivity index (χ4v) is 2.43. The maximum absolute atomic E-state index is 11.9. The van der Waals surface area contributed by atoms with Crippen LogP contribution in [0.4, 0.5) is 0 Å². The molecule has 2 aromatic rings. The number of hydrogen-bond donors (Lipinski definition) is 4. The van der Waals surface area contributed by atoms with Crippen molar-refractivity contribution in [3.8, 4) is 17.2 Å². The Kier molecular flexibility index (Phi) is 4.13. The van der Waals surface area contributed by atoms with Gasteiger partial charge in [0.15, 0.2) is 17.2 Å². The quantitative estimate of drug-likeness (QED) is 0.397. The predicted molar refractivity (Wildman–Crippen MR) is 80.2 cm³/mol. The topological polar surface area (TPSA) is 102 Å². The third-order valence-corrected chi connectivity index (χ3v) is 3.86. The zero-order valence-corrected chi connectivity index (χ0v) is 12.2. The van der Waals surface area contributed by atoms with Gasteiger partial charge in [-0.05, 0) is 38.1 Å². The van der Waals surface area contributed by atoms with Crippen LogP contribution in [0.2, 0.25) is 0 Å². The second kappa shape index (κ2) is 5.84. The summed E-state index contributed by atoms with van der Waals surface area (Å²) in [4.78, 5) is 14.0. The van der Waals surface area contributed by atoms with Gasteiger partial charge in [0.2, 0.25) is 0 Å². The predicted octanol–water partition coefficient (Wildman–Crippen LogP) is 2.33. The first-order valence-corrected chi connectivity index (χ1v) is 6.86. The van der Waals surface area contributed by atoms with Gasteiger partial charge in [-0.3, -0.25) is 4.79 Å². The molecule has 0 radical (unpaired) electrons. The van der Waals surface area contributed by atoms with Crippen LogP contribution in [0, 0.1) is 6.92 Å². The van der Waals surface area contributed by atoms with E-state index in [9.17, 15) is 20.1 Å². The molecule has 0 aliphatic heterocycles. The summed E-state index contributed by atoms with van der Waals surface area (Å²) in [6.07, 6.45) is 0. The second-order valence-corrected chi connectivity index (χ2v) is 5.70. The standard InChI is InChI=1S/C14H14N2O4S/c1-7-3-4-12(21-7)8(2)15-16-14(20)9-5-10(17)13(19)11(18)6-9/h3-6,17-19H,1-2H3,(H,16,20). The summed E-state index contributed by atoms with van der Waals surface area (Å²) in [6.45, 7) is 3.74. The van der Waals surface area contributed by atoms with Crippen molar-refractivity contribution in [1.29, 1.82) is 0 Å². The number of aryl methyl sites for hydroxylation is 1. The van der Waals surface area contributed by atoms with Crippen molar-refractivity contribution in [1.82, 2.24) is 5.43 Å². The van der Waals surface area contributed by atoms with E-state index in [2.05, 4.69) is 10.5 Å². The average Bonchev–Trinajstić information content (AvgIpc) is 2.87. The van der Waals surface area contributed by atoms with Crippen LogP contribution in [-0.4, -0.2) is 26.9 Å². The fourth-order valence-electron chi connectivity index (χ4n) is 1.62. The molecule has 7 heteroatoms. The number of carbonyl (C=O) groups excluding carboxylic acids is 1. The lowest BCUT2D eigenvalue weighted by molar-refractivity contribution is 0.0954. The molecule has 0 atom stereocenters. The summed E-state index contributed by atoms with van der Waals surface area (Å²) in [5.74, 6) is -2.42. The number of amides is 1.